The van der Waals surface area contributed by atoms with E-state index < -0.39 is 11.7 Å². The zero-order valence-electron chi connectivity index (χ0n) is 16.7. The number of carbonyl (C=O) groups excluding carboxylic acids is 2. The van der Waals surface area contributed by atoms with Crippen molar-refractivity contribution < 1.29 is 23.5 Å². The normalized spacial score (nSPS) is 10.7. The van der Waals surface area contributed by atoms with Gasteiger partial charge in [-0.1, -0.05) is 0 Å². The molecule has 2 aromatic carbocycles. The Morgan fingerprint density at radius 3 is 2.40 bits per heavy atom. The molecule has 160 valence electrons. The molecule has 0 aliphatic carbocycles. The average Bonchev–Trinajstić information content (AvgIpc) is 2.71. The molecule has 0 aromatic heterocycles. The van der Waals surface area contributed by atoms with Crippen molar-refractivity contribution in [2.45, 2.75) is 26.7 Å². The summed E-state index contributed by atoms with van der Waals surface area (Å²) in [4.78, 5) is 23.8. The summed E-state index contributed by atoms with van der Waals surface area (Å²) in [6, 6.07) is 8.93. The van der Waals surface area contributed by atoms with Crippen molar-refractivity contribution in [3.63, 3.8) is 0 Å². The van der Waals surface area contributed by atoms with Crippen molar-refractivity contribution >= 4 is 39.6 Å². The first-order chi connectivity index (χ1) is 14.4. The van der Waals surface area contributed by atoms with Crippen LogP contribution in [0.25, 0.3) is 0 Å². The summed E-state index contributed by atoms with van der Waals surface area (Å²) >= 11 is 3.44. The molecule has 2 rings (SSSR count). The molecule has 0 heterocycles. The highest BCUT2D eigenvalue weighted by molar-refractivity contribution is 9.10. The molecule has 0 unspecified atom stereocenters. The zero-order valence-corrected chi connectivity index (χ0v) is 18.3. The first-order valence-corrected chi connectivity index (χ1v) is 10.2. The number of ether oxygens (including phenoxy) is 2. The Balaban J connectivity index is 1.86. The number of nitrogens with one attached hydrogen (secondary N) is 2. The number of amides is 2. The van der Waals surface area contributed by atoms with Crippen LogP contribution in [0.15, 0.2) is 46.0 Å². The maximum Gasteiger partial charge on any atom is 0.240 e. The molecule has 9 heteroatoms. The third-order valence-corrected chi connectivity index (χ3v) is 4.32. The fraction of sp³-hybridized carbons (Fsp3) is 0.286. The van der Waals surface area contributed by atoms with E-state index in [0.29, 0.717) is 40.4 Å². The van der Waals surface area contributed by atoms with E-state index in [0.717, 1.165) is 0 Å². The number of anilines is 1. The minimum Gasteiger partial charge on any atom is -0.490 e. The van der Waals surface area contributed by atoms with E-state index in [2.05, 4.69) is 31.8 Å². The van der Waals surface area contributed by atoms with Crippen LogP contribution in [-0.2, 0) is 9.59 Å². The van der Waals surface area contributed by atoms with Crippen molar-refractivity contribution in [3.8, 4) is 11.5 Å². The van der Waals surface area contributed by atoms with Gasteiger partial charge in [-0.2, -0.15) is 5.10 Å². The molecule has 7 nitrogen and oxygen atoms in total. The van der Waals surface area contributed by atoms with Gasteiger partial charge in [-0.05, 0) is 71.7 Å². The number of benzene rings is 2. The first-order valence-electron chi connectivity index (χ1n) is 9.39. The number of carbonyl (C=O) groups is 2. The standard InChI is InChI=1S/C21H23BrFN3O4/c1-3-29-18-12-14(11-17(22)21(18)30-4-2)13-24-26-20(28)10-9-19(27)25-16-7-5-15(23)6-8-16/h5-8,11-13H,3-4,9-10H2,1-2H3,(H,25,27)(H,26,28). The zero-order chi connectivity index (χ0) is 21.9. The SMILES string of the molecule is CCOc1cc(C=NNC(=O)CCC(=O)Nc2ccc(F)cc2)cc(Br)c1OCC. The van der Waals surface area contributed by atoms with Crippen LogP contribution in [0, 0.1) is 5.82 Å². The number of nitrogens with zero attached hydrogens (tertiary/aromatic N) is 1. The number of hydrazone groups is 1. The van der Waals surface area contributed by atoms with Crippen molar-refractivity contribution in [1.29, 1.82) is 0 Å². The fourth-order valence-electron chi connectivity index (χ4n) is 2.43. The molecule has 0 saturated carbocycles. The lowest BCUT2D eigenvalue weighted by atomic mass is 10.2. The van der Waals surface area contributed by atoms with Crippen LogP contribution in [-0.4, -0.2) is 31.2 Å². The molecule has 2 amide bonds. The molecule has 0 aliphatic rings. The molecule has 2 N–H and O–H groups in total. The van der Waals surface area contributed by atoms with E-state index >= 15 is 0 Å². The molecular weight excluding hydrogens is 457 g/mol. The first kappa shape index (κ1) is 23.3. The van der Waals surface area contributed by atoms with Crippen molar-refractivity contribution in [2.75, 3.05) is 18.5 Å². The van der Waals surface area contributed by atoms with Gasteiger partial charge in [0.1, 0.15) is 5.82 Å². The Labute approximate surface area is 182 Å². The van der Waals surface area contributed by atoms with Crippen molar-refractivity contribution in [3.05, 3.63) is 52.3 Å². The topological polar surface area (TPSA) is 89.0 Å². The monoisotopic (exact) mass is 479 g/mol. The second-order valence-corrected chi connectivity index (χ2v) is 6.90. The average molecular weight is 480 g/mol. The summed E-state index contributed by atoms with van der Waals surface area (Å²) < 4.78 is 24.7. The molecule has 2 aromatic rings. The van der Waals surface area contributed by atoms with Gasteiger partial charge in [0.25, 0.3) is 0 Å². The number of hydrogen-bond donors (Lipinski definition) is 2. The predicted molar refractivity (Wildman–Crippen MR) is 116 cm³/mol. The quantitative estimate of drug-likeness (QED) is 0.393. The molecule has 0 bridgehead atoms. The maximum absolute atomic E-state index is 12.9. The molecule has 30 heavy (non-hydrogen) atoms. The van der Waals surface area contributed by atoms with Crippen LogP contribution < -0.4 is 20.2 Å². The third kappa shape index (κ3) is 7.47. The van der Waals surface area contributed by atoms with Gasteiger partial charge in [-0.3, -0.25) is 9.59 Å². The van der Waals surface area contributed by atoms with Crippen LogP contribution in [0.3, 0.4) is 0 Å². The molecule has 0 saturated heterocycles. The van der Waals surface area contributed by atoms with E-state index in [1.165, 1.54) is 30.5 Å². The number of hydrogen-bond acceptors (Lipinski definition) is 5. The summed E-state index contributed by atoms with van der Waals surface area (Å²) in [6.07, 6.45) is 1.41. The molecular formula is C21H23BrFN3O4. The lowest BCUT2D eigenvalue weighted by Crippen LogP contribution is -2.20. The lowest BCUT2D eigenvalue weighted by molar-refractivity contribution is -0.124. The van der Waals surface area contributed by atoms with Gasteiger partial charge in [0.15, 0.2) is 11.5 Å². The van der Waals surface area contributed by atoms with Crippen LogP contribution >= 0.6 is 15.9 Å². The van der Waals surface area contributed by atoms with E-state index in [1.807, 2.05) is 13.8 Å². The highest BCUT2D eigenvalue weighted by atomic mass is 79.9. The predicted octanol–water partition coefficient (Wildman–Crippen LogP) is 4.25. The van der Waals surface area contributed by atoms with Gasteiger partial charge in [0, 0.05) is 18.5 Å². The Morgan fingerprint density at radius 2 is 1.73 bits per heavy atom. The highest BCUT2D eigenvalue weighted by Crippen LogP contribution is 2.36. The molecule has 0 atom stereocenters. The second kappa shape index (κ2) is 11.9. The van der Waals surface area contributed by atoms with Crippen LogP contribution in [0.4, 0.5) is 10.1 Å². The smallest absolute Gasteiger partial charge is 0.240 e. The Morgan fingerprint density at radius 1 is 1.07 bits per heavy atom. The van der Waals surface area contributed by atoms with E-state index in [1.54, 1.807) is 12.1 Å². The van der Waals surface area contributed by atoms with Crippen molar-refractivity contribution in [2.24, 2.45) is 5.10 Å². The van der Waals surface area contributed by atoms with Gasteiger partial charge in [-0.25, -0.2) is 9.82 Å². The van der Waals surface area contributed by atoms with Crippen LogP contribution in [0.5, 0.6) is 11.5 Å². The summed E-state index contributed by atoms with van der Waals surface area (Å²) in [6.45, 7) is 4.73. The van der Waals surface area contributed by atoms with Crippen molar-refractivity contribution in [1.82, 2.24) is 5.43 Å². The largest absolute Gasteiger partial charge is 0.490 e. The van der Waals surface area contributed by atoms with Gasteiger partial charge >= 0.3 is 0 Å². The molecule has 0 fully saturated rings. The minimum atomic E-state index is -0.407. The highest BCUT2D eigenvalue weighted by Gasteiger charge is 2.11. The van der Waals surface area contributed by atoms with Gasteiger partial charge in [0.2, 0.25) is 11.8 Å². The Bertz CT molecular complexity index is 904. The van der Waals surface area contributed by atoms with E-state index in [4.69, 9.17) is 9.47 Å². The van der Waals surface area contributed by atoms with Gasteiger partial charge in [-0.15, -0.1) is 0 Å². The van der Waals surface area contributed by atoms with Gasteiger partial charge < -0.3 is 14.8 Å². The van der Waals surface area contributed by atoms with Crippen LogP contribution in [0.2, 0.25) is 0 Å². The summed E-state index contributed by atoms with van der Waals surface area (Å²) in [5.41, 5.74) is 3.54. The maximum atomic E-state index is 12.9. The third-order valence-electron chi connectivity index (χ3n) is 3.73. The summed E-state index contributed by atoms with van der Waals surface area (Å²) in [5, 5.41) is 6.51. The second-order valence-electron chi connectivity index (χ2n) is 6.04. The summed E-state index contributed by atoms with van der Waals surface area (Å²) in [5.74, 6) is 0.0259. The molecule has 0 radical (unpaired) electrons. The molecule has 0 aliphatic heterocycles. The minimum absolute atomic E-state index is 0.0260. The Hall–Kier alpha value is -2.94. The molecule has 0 spiro atoms. The van der Waals surface area contributed by atoms with E-state index in [9.17, 15) is 14.0 Å². The van der Waals surface area contributed by atoms with Gasteiger partial charge in [0.05, 0.1) is 23.9 Å². The van der Waals surface area contributed by atoms with Crippen LogP contribution in [0.1, 0.15) is 32.3 Å². The van der Waals surface area contributed by atoms with E-state index in [-0.39, 0.29) is 18.7 Å². The number of halogens is 2. The fourth-order valence-corrected chi connectivity index (χ4v) is 3.00. The lowest BCUT2D eigenvalue weighted by Gasteiger charge is -2.13. The number of rotatable bonds is 10. The summed E-state index contributed by atoms with van der Waals surface area (Å²) in [7, 11) is 0. The Kier molecular flexibility index (Phi) is 9.27.